The number of hydrogen-bond acceptors (Lipinski definition) is 4. The smallest absolute Gasteiger partial charge is 0.147 e. The summed E-state index contributed by atoms with van der Waals surface area (Å²) in [5.74, 6) is 0.958. The third-order valence-electron chi connectivity index (χ3n) is 3.45. The third-order valence-corrected chi connectivity index (χ3v) is 3.45. The van der Waals surface area contributed by atoms with Crippen molar-refractivity contribution in [1.82, 2.24) is 14.9 Å². The van der Waals surface area contributed by atoms with E-state index in [1.807, 2.05) is 20.0 Å². The summed E-state index contributed by atoms with van der Waals surface area (Å²) in [6.45, 7) is 9.76. The van der Waals surface area contributed by atoms with Gasteiger partial charge in [-0.05, 0) is 33.2 Å². The molecule has 4 nitrogen and oxygen atoms in total. The van der Waals surface area contributed by atoms with Gasteiger partial charge in [-0.3, -0.25) is 4.98 Å². The summed E-state index contributed by atoms with van der Waals surface area (Å²) in [5.41, 5.74) is 1.97. The predicted molar refractivity (Wildman–Crippen MR) is 70.3 cm³/mol. The zero-order valence-electron chi connectivity index (χ0n) is 11.0. The molecule has 2 heterocycles. The van der Waals surface area contributed by atoms with Gasteiger partial charge < -0.3 is 10.2 Å². The highest BCUT2D eigenvalue weighted by molar-refractivity contribution is 5.40. The molecule has 0 bridgehead atoms. The van der Waals surface area contributed by atoms with E-state index in [0.717, 1.165) is 23.8 Å². The van der Waals surface area contributed by atoms with Gasteiger partial charge in [0.25, 0.3) is 0 Å². The lowest BCUT2D eigenvalue weighted by atomic mass is 10.1. The van der Waals surface area contributed by atoms with E-state index < -0.39 is 0 Å². The SMILES string of the molecule is CCN1CCC(Nc2nc(C)cnc2C)CC1. The minimum Gasteiger partial charge on any atom is -0.366 e. The molecule has 4 heteroatoms. The average Bonchev–Trinajstić information content (AvgIpc) is 2.35. The van der Waals surface area contributed by atoms with E-state index in [4.69, 9.17) is 0 Å². The highest BCUT2D eigenvalue weighted by atomic mass is 15.1. The van der Waals surface area contributed by atoms with Crippen molar-refractivity contribution in [1.29, 1.82) is 0 Å². The molecule has 2 rings (SSSR count). The van der Waals surface area contributed by atoms with Crippen molar-refractivity contribution >= 4 is 5.82 Å². The van der Waals surface area contributed by atoms with Gasteiger partial charge in [-0.1, -0.05) is 6.92 Å². The van der Waals surface area contributed by atoms with Gasteiger partial charge in [-0.15, -0.1) is 0 Å². The van der Waals surface area contributed by atoms with Gasteiger partial charge in [0, 0.05) is 25.3 Å². The molecule has 0 radical (unpaired) electrons. The fraction of sp³-hybridized carbons (Fsp3) is 0.692. The number of aryl methyl sites for hydroxylation is 2. The second-order valence-electron chi connectivity index (χ2n) is 4.80. The molecule has 0 unspecified atom stereocenters. The van der Waals surface area contributed by atoms with E-state index in [0.29, 0.717) is 6.04 Å². The molecule has 17 heavy (non-hydrogen) atoms. The quantitative estimate of drug-likeness (QED) is 0.868. The third kappa shape index (κ3) is 3.16. The fourth-order valence-corrected chi connectivity index (χ4v) is 2.26. The van der Waals surface area contributed by atoms with Crippen LogP contribution in [0.4, 0.5) is 5.82 Å². The second-order valence-corrected chi connectivity index (χ2v) is 4.80. The number of nitrogens with zero attached hydrogens (tertiary/aromatic N) is 3. The van der Waals surface area contributed by atoms with Gasteiger partial charge in [0.05, 0.1) is 11.4 Å². The number of aromatic nitrogens is 2. The Kier molecular flexibility index (Phi) is 3.94. The number of nitrogens with one attached hydrogen (secondary N) is 1. The summed E-state index contributed by atoms with van der Waals surface area (Å²) in [7, 11) is 0. The fourth-order valence-electron chi connectivity index (χ4n) is 2.26. The second kappa shape index (κ2) is 5.45. The maximum Gasteiger partial charge on any atom is 0.147 e. The van der Waals surface area contributed by atoms with E-state index in [9.17, 15) is 0 Å². The largest absolute Gasteiger partial charge is 0.366 e. The zero-order chi connectivity index (χ0) is 12.3. The van der Waals surface area contributed by atoms with E-state index in [1.54, 1.807) is 0 Å². The maximum atomic E-state index is 4.52. The standard InChI is InChI=1S/C13H22N4/c1-4-17-7-5-12(6-8-17)16-13-11(3)14-9-10(2)15-13/h9,12H,4-8H2,1-3H3,(H,15,16). The maximum absolute atomic E-state index is 4.52. The van der Waals surface area contributed by atoms with Crippen molar-refractivity contribution in [3.63, 3.8) is 0 Å². The number of hydrogen-bond donors (Lipinski definition) is 1. The van der Waals surface area contributed by atoms with Crippen molar-refractivity contribution in [3.8, 4) is 0 Å². The van der Waals surface area contributed by atoms with Crippen LogP contribution in [0.2, 0.25) is 0 Å². The van der Waals surface area contributed by atoms with Crippen LogP contribution < -0.4 is 5.32 Å². The van der Waals surface area contributed by atoms with Gasteiger partial charge in [-0.2, -0.15) is 0 Å². The van der Waals surface area contributed by atoms with Gasteiger partial charge >= 0.3 is 0 Å². The lowest BCUT2D eigenvalue weighted by Gasteiger charge is -2.31. The first-order valence-electron chi connectivity index (χ1n) is 6.48. The molecule has 0 atom stereocenters. The predicted octanol–water partition coefficient (Wildman–Crippen LogP) is 1.99. The zero-order valence-corrected chi connectivity index (χ0v) is 11.0. The molecule has 1 aromatic heterocycles. The van der Waals surface area contributed by atoms with E-state index >= 15 is 0 Å². The molecule has 94 valence electrons. The first kappa shape index (κ1) is 12.3. The van der Waals surface area contributed by atoms with E-state index in [-0.39, 0.29) is 0 Å². The Morgan fingerprint density at radius 1 is 1.35 bits per heavy atom. The summed E-state index contributed by atoms with van der Waals surface area (Å²) in [4.78, 5) is 11.4. The number of anilines is 1. The number of piperidine rings is 1. The summed E-state index contributed by atoms with van der Waals surface area (Å²) >= 11 is 0. The van der Waals surface area contributed by atoms with Crippen molar-refractivity contribution in [2.24, 2.45) is 0 Å². The van der Waals surface area contributed by atoms with Gasteiger partial charge in [0.1, 0.15) is 5.82 Å². The Bertz CT molecular complexity index is 370. The minimum atomic E-state index is 0.549. The van der Waals surface area contributed by atoms with Crippen LogP contribution in [-0.4, -0.2) is 40.5 Å². The lowest BCUT2D eigenvalue weighted by Crippen LogP contribution is -2.39. The van der Waals surface area contributed by atoms with Crippen LogP contribution in [0.1, 0.15) is 31.2 Å². The molecule has 1 N–H and O–H groups in total. The highest BCUT2D eigenvalue weighted by Gasteiger charge is 2.18. The van der Waals surface area contributed by atoms with Gasteiger partial charge in [-0.25, -0.2) is 4.98 Å². The monoisotopic (exact) mass is 234 g/mol. The van der Waals surface area contributed by atoms with Crippen LogP contribution in [0.5, 0.6) is 0 Å². The first-order valence-corrected chi connectivity index (χ1v) is 6.48. The molecule has 0 saturated carbocycles. The number of rotatable bonds is 3. The molecule has 1 aliphatic rings. The Hall–Kier alpha value is -1.16. The Balaban J connectivity index is 1.95. The van der Waals surface area contributed by atoms with E-state index in [2.05, 4.69) is 27.1 Å². The van der Waals surface area contributed by atoms with Crippen molar-refractivity contribution < 1.29 is 0 Å². The summed E-state index contributed by atoms with van der Waals surface area (Å²) in [6, 6.07) is 0.549. The molecule has 1 aromatic rings. The van der Waals surface area contributed by atoms with Gasteiger partial charge in [0.15, 0.2) is 0 Å². The van der Waals surface area contributed by atoms with Crippen LogP contribution in [-0.2, 0) is 0 Å². The van der Waals surface area contributed by atoms with Crippen LogP contribution in [0.15, 0.2) is 6.20 Å². The van der Waals surface area contributed by atoms with Crippen LogP contribution in [0, 0.1) is 13.8 Å². The summed E-state index contributed by atoms with van der Waals surface area (Å²) in [5, 5.41) is 3.53. The van der Waals surface area contributed by atoms with Crippen molar-refractivity contribution in [2.75, 3.05) is 25.0 Å². The van der Waals surface area contributed by atoms with Crippen LogP contribution in [0.3, 0.4) is 0 Å². The Labute approximate surface area is 103 Å². The molecule has 0 aromatic carbocycles. The van der Waals surface area contributed by atoms with Crippen LogP contribution in [0.25, 0.3) is 0 Å². The molecule has 0 aliphatic carbocycles. The summed E-state index contributed by atoms with van der Waals surface area (Å²) in [6.07, 6.45) is 4.21. The molecular formula is C13H22N4. The van der Waals surface area contributed by atoms with Crippen molar-refractivity contribution in [2.45, 2.75) is 39.7 Å². The molecule has 1 saturated heterocycles. The molecule has 0 spiro atoms. The highest BCUT2D eigenvalue weighted by Crippen LogP contribution is 2.16. The van der Waals surface area contributed by atoms with Gasteiger partial charge in [0.2, 0.25) is 0 Å². The molecular weight excluding hydrogens is 212 g/mol. The Morgan fingerprint density at radius 3 is 2.71 bits per heavy atom. The summed E-state index contributed by atoms with van der Waals surface area (Å²) < 4.78 is 0. The number of likely N-dealkylation sites (tertiary alicyclic amines) is 1. The van der Waals surface area contributed by atoms with Crippen LogP contribution >= 0.6 is 0 Å². The molecule has 0 amide bonds. The topological polar surface area (TPSA) is 41.0 Å². The lowest BCUT2D eigenvalue weighted by molar-refractivity contribution is 0.229. The average molecular weight is 234 g/mol. The molecule has 1 aliphatic heterocycles. The van der Waals surface area contributed by atoms with Crippen molar-refractivity contribution in [3.05, 3.63) is 17.6 Å². The minimum absolute atomic E-state index is 0.549. The Morgan fingerprint density at radius 2 is 2.06 bits per heavy atom. The molecule has 1 fully saturated rings. The van der Waals surface area contributed by atoms with E-state index in [1.165, 1.54) is 25.9 Å². The normalized spacial score (nSPS) is 18.3. The first-order chi connectivity index (χ1) is 8.19.